The third-order valence-electron chi connectivity index (χ3n) is 0.353. The van der Waals surface area contributed by atoms with E-state index in [2.05, 4.69) is 25.3 Å². The van der Waals surface area contributed by atoms with Crippen molar-refractivity contribution in [3.63, 3.8) is 0 Å². The molecule has 0 aliphatic heterocycles. The van der Waals surface area contributed by atoms with Gasteiger partial charge in [-0.25, -0.2) is 0 Å². The molecule has 0 heterocycles. The molecule has 0 amide bonds. The number of carbonyl (C=O) groups excluding carboxylic acids is 1. The summed E-state index contributed by atoms with van der Waals surface area (Å²) in [7, 11) is 0. The van der Waals surface area contributed by atoms with Gasteiger partial charge in [0, 0.05) is 0 Å². The number of carbonyl (C=O) groups is 1. The van der Waals surface area contributed by atoms with Crippen LogP contribution in [-0.2, 0) is 4.79 Å². The lowest BCUT2D eigenvalue weighted by atomic mass is 10.5. The van der Waals surface area contributed by atoms with Crippen LogP contribution in [0.2, 0.25) is 0 Å². The Hall–Kier alpha value is 0.370. The summed E-state index contributed by atoms with van der Waals surface area (Å²) >= 11 is 7.39. The fourth-order valence-corrected chi connectivity index (χ4v) is 0.450. The second-order valence-electron chi connectivity index (χ2n) is 0.855. The average Bonchev–Trinajstić information content (AvgIpc) is 1.65. The van der Waals surface area contributed by atoms with Crippen molar-refractivity contribution in [3.05, 3.63) is 0 Å². The maximum absolute atomic E-state index is 10.0. The topological polar surface area (TPSA) is 17.1 Å². The van der Waals surface area contributed by atoms with Crippen LogP contribution in [0.5, 0.6) is 0 Å². The van der Waals surface area contributed by atoms with E-state index in [1.807, 2.05) is 0 Å². The normalized spacial score (nSPS) is 8.33. The monoisotopic (exact) mass is 122 g/mol. The van der Waals surface area contributed by atoms with Crippen LogP contribution in [0.1, 0.15) is 0 Å². The van der Waals surface area contributed by atoms with Gasteiger partial charge in [0.15, 0.2) is 5.78 Å². The van der Waals surface area contributed by atoms with Gasteiger partial charge in [-0.1, -0.05) is 0 Å². The van der Waals surface area contributed by atoms with Gasteiger partial charge in [-0.2, -0.15) is 25.3 Å². The molecular formula is C3H6OS2. The molecule has 0 aromatic carbocycles. The molecule has 0 aliphatic carbocycles. The Morgan fingerprint density at radius 2 is 1.67 bits per heavy atom. The molecule has 0 aliphatic rings. The van der Waals surface area contributed by atoms with Crippen molar-refractivity contribution in [1.82, 2.24) is 0 Å². The minimum absolute atomic E-state index is 0.0710. The van der Waals surface area contributed by atoms with Gasteiger partial charge in [0.25, 0.3) is 0 Å². The molecule has 0 saturated heterocycles. The quantitative estimate of drug-likeness (QED) is 0.507. The first-order chi connectivity index (χ1) is 2.81. The highest BCUT2D eigenvalue weighted by Crippen LogP contribution is 1.79. The van der Waals surface area contributed by atoms with E-state index in [-0.39, 0.29) is 5.78 Å². The van der Waals surface area contributed by atoms with Crippen LogP contribution in [0.25, 0.3) is 0 Å². The zero-order valence-electron chi connectivity index (χ0n) is 3.22. The minimum atomic E-state index is 0.0710. The molecule has 0 N–H and O–H groups in total. The summed E-state index contributed by atoms with van der Waals surface area (Å²) < 4.78 is 0. The smallest absolute Gasteiger partial charge is 0.152 e. The van der Waals surface area contributed by atoms with Gasteiger partial charge in [0.05, 0.1) is 11.5 Å². The number of hydrogen-bond donors (Lipinski definition) is 2. The summed E-state index contributed by atoms with van der Waals surface area (Å²) in [5.74, 6) is 0.689. The zero-order valence-corrected chi connectivity index (χ0v) is 5.01. The number of Topliss-reactive ketones (excluding diaryl/α,β-unsaturated/α-hetero) is 1. The predicted octanol–water partition coefficient (Wildman–Crippen LogP) is 0.415. The Balaban J connectivity index is 2.99. The number of thiol groups is 2. The third kappa shape index (κ3) is 2.60. The number of hydrogen-bond acceptors (Lipinski definition) is 3. The summed E-state index contributed by atoms with van der Waals surface area (Å²) in [6.07, 6.45) is 0. The molecular weight excluding hydrogens is 116 g/mol. The Kier molecular flexibility index (Phi) is 3.78. The lowest BCUT2D eigenvalue weighted by Crippen LogP contribution is -1.98. The molecule has 0 atom stereocenters. The lowest BCUT2D eigenvalue weighted by Gasteiger charge is -1.80. The zero-order chi connectivity index (χ0) is 4.99. The van der Waals surface area contributed by atoms with E-state index < -0.39 is 0 Å². The molecule has 6 heavy (non-hydrogen) atoms. The van der Waals surface area contributed by atoms with Crippen LogP contribution in [0.4, 0.5) is 0 Å². The molecule has 0 saturated carbocycles. The van der Waals surface area contributed by atoms with Gasteiger partial charge in [-0.3, -0.25) is 4.79 Å². The fraction of sp³-hybridized carbons (Fsp3) is 0.667. The Labute approximate surface area is 47.9 Å². The van der Waals surface area contributed by atoms with E-state index in [9.17, 15) is 4.79 Å². The maximum atomic E-state index is 10.0. The summed E-state index contributed by atoms with van der Waals surface area (Å²) in [5, 5.41) is 0. The minimum Gasteiger partial charge on any atom is -0.298 e. The highest BCUT2D eigenvalue weighted by Gasteiger charge is 1.88. The summed E-state index contributed by atoms with van der Waals surface area (Å²) in [5.41, 5.74) is 0. The molecule has 1 nitrogen and oxygen atoms in total. The molecule has 0 fully saturated rings. The highest BCUT2D eigenvalue weighted by atomic mass is 32.1. The number of rotatable bonds is 2. The van der Waals surface area contributed by atoms with Crippen LogP contribution in [-0.4, -0.2) is 17.3 Å². The van der Waals surface area contributed by atoms with Crippen molar-refractivity contribution in [2.75, 3.05) is 11.5 Å². The molecule has 0 spiro atoms. The fourth-order valence-electron chi connectivity index (χ4n) is 0.0500. The van der Waals surface area contributed by atoms with Gasteiger partial charge in [0.2, 0.25) is 0 Å². The molecule has 0 radical (unpaired) electrons. The van der Waals surface area contributed by atoms with Gasteiger partial charge in [0.1, 0.15) is 0 Å². The van der Waals surface area contributed by atoms with Crippen molar-refractivity contribution in [2.24, 2.45) is 0 Å². The molecule has 36 valence electrons. The van der Waals surface area contributed by atoms with Gasteiger partial charge < -0.3 is 0 Å². The molecule has 0 aromatic heterocycles. The maximum Gasteiger partial charge on any atom is 0.152 e. The van der Waals surface area contributed by atoms with E-state index in [0.29, 0.717) is 11.5 Å². The third-order valence-corrected chi connectivity index (χ3v) is 1.06. The molecule has 0 unspecified atom stereocenters. The first-order valence-electron chi connectivity index (χ1n) is 1.54. The standard InChI is InChI=1S/C3H6OS2/c4-3(1-5)2-6/h5-6H,1-2H2. The molecule has 0 bridgehead atoms. The second-order valence-corrected chi connectivity index (χ2v) is 1.49. The molecule has 0 aromatic rings. The van der Waals surface area contributed by atoms with Crippen molar-refractivity contribution in [2.45, 2.75) is 0 Å². The average molecular weight is 122 g/mol. The number of ketones is 1. The van der Waals surface area contributed by atoms with Crippen LogP contribution in [0.3, 0.4) is 0 Å². The Morgan fingerprint density at radius 1 is 1.33 bits per heavy atom. The largest absolute Gasteiger partial charge is 0.298 e. The van der Waals surface area contributed by atoms with E-state index >= 15 is 0 Å². The van der Waals surface area contributed by atoms with Crippen molar-refractivity contribution in [3.8, 4) is 0 Å². The van der Waals surface area contributed by atoms with Gasteiger partial charge in [-0.05, 0) is 0 Å². The molecule has 3 heteroatoms. The predicted molar refractivity (Wildman–Crippen MR) is 32.7 cm³/mol. The lowest BCUT2D eigenvalue weighted by molar-refractivity contribution is -0.114. The summed E-state index contributed by atoms with van der Waals surface area (Å²) in [6, 6.07) is 0. The van der Waals surface area contributed by atoms with Crippen LogP contribution in [0.15, 0.2) is 0 Å². The van der Waals surface area contributed by atoms with E-state index in [1.165, 1.54) is 0 Å². The van der Waals surface area contributed by atoms with E-state index in [0.717, 1.165) is 0 Å². The Bertz CT molecular complexity index is 46.8. The summed E-state index contributed by atoms with van der Waals surface area (Å²) in [6.45, 7) is 0. The van der Waals surface area contributed by atoms with Crippen molar-refractivity contribution < 1.29 is 4.79 Å². The van der Waals surface area contributed by atoms with Gasteiger partial charge >= 0.3 is 0 Å². The first kappa shape index (κ1) is 6.37. The highest BCUT2D eigenvalue weighted by molar-refractivity contribution is 7.82. The van der Waals surface area contributed by atoms with Crippen LogP contribution >= 0.6 is 25.3 Å². The van der Waals surface area contributed by atoms with Crippen LogP contribution < -0.4 is 0 Å². The Morgan fingerprint density at radius 3 is 1.67 bits per heavy atom. The van der Waals surface area contributed by atoms with E-state index in [1.54, 1.807) is 0 Å². The SMILES string of the molecule is O=C(CS)CS. The second kappa shape index (κ2) is 3.56. The van der Waals surface area contributed by atoms with Crippen molar-refractivity contribution in [1.29, 1.82) is 0 Å². The van der Waals surface area contributed by atoms with Crippen LogP contribution in [0, 0.1) is 0 Å². The van der Waals surface area contributed by atoms with Gasteiger partial charge in [-0.15, -0.1) is 0 Å². The summed E-state index contributed by atoms with van der Waals surface area (Å²) in [4.78, 5) is 10.0. The van der Waals surface area contributed by atoms with Crippen molar-refractivity contribution >= 4 is 31.0 Å². The molecule has 0 rings (SSSR count). The van der Waals surface area contributed by atoms with E-state index in [4.69, 9.17) is 0 Å². The first-order valence-corrected chi connectivity index (χ1v) is 2.81.